The molecule has 15 N–H and O–H groups in total. The Labute approximate surface area is 419 Å². The van der Waals surface area contributed by atoms with Gasteiger partial charge in [-0.1, -0.05) is 4.98 Å². The molecule has 6 aromatic rings. The van der Waals surface area contributed by atoms with Crippen LogP contribution < -0.4 is 32.7 Å². The predicted octanol–water partition coefficient (Wildman–Crippen LogP) is -4.69. The number of nitrogens with zero attached hydrogens (tertiary/aromatic N) is 9. The number of aliphatic hydroxyl groups is 4. The van der Waals surface area contributed by atoms with Gasteiger partial charge in [-0.2, -0.15) is 13.6 Å². The number of nitrogens with two attached hydrogens (primary N) is 2. The highest BCUT2D eigenvalue weighted by Gasteiger charge is 2.54. The summed E-state index contributed by atoms with van der Waals surface area (Å²) in [5.74, 6) is -0.547. The highest BCUT2D eigenvalue weighted by Crippen LogP contribution is 2.68. The average Bonchev–Trinajstić information content (AvgIpc) is 4.17. The first kappa shape index (κ1) is 55.6. The Morgan fingerprint density at radius 1 is 0.658 bits per heavy atom. The summed E-state index contributed by atoms with van der Waals surface area (Å²) >= 11 is 0. The Morgan fingerprint density at radius 3 is 1.80 bits per heavy atom. The Kier molecular flexibility index (Phi) is 15.1. The number of hydrogen-bond acceptors (Lipinski definition) is 28. The molecule has 43 heteroatoms. The average molecular weight is 1160 g/mol. The molecular formula is C33H45N14O25P4+. The molecule has 0 spiro atoms. The van der Waals surface area contributed by atoms with Gasteiger partial charge in [0, 0.05) is 7.11 Å². The molecule has 0 radical (unpaired) electrons. The lowest BCUT2D eigenvalue weighted by molar-refractivity contribution is -0.745. The van der Waals surface area contributed by atoms with Gasteiger partial charge in [-0.3, -0.25) is 56.1 Å². The van der Waals surface area contributed by atoms with Gasteiger partial charge in [0.05, 0.1) is 39.5 Å². The molecule has 0 amide bonds. The second-order valence-electron chi connectivity index (χ2n) is 16.9. The van der Waals surface area contributed by atoms with E-state index in [-0.39, 0.29) is 45.3 Å². The molecule has 39 nitrogen and oxygen atoms in total. The van der Waals surface area contributed by atoms with E-state index < -0.39 is 147 Å². The molecule has 3 saturated heterocycles. The Hall–Kier alpha value is -5.15. The lowest BCUT2D eigenvalue weighted by Gasteiger charge is -2.26. The summed E-state index contributed by atoms with van der Waals surface area (Å²) in [4.78, 5) is 107. The topological polar surface area (TPSA) is 556 Å². The van der Waals surface area contributed by atoms with Gasteiger partial charge in [0.25, 0.3) is 22.6 Å². The van der Waals surface area contributed by atoms with Gasteiger partial charge < -0.3 is 75.4 Å². The highest BCUT2D eigenvalue weighted by atomic mass is 31.3. The molecule has 3 aliphatic heterocycles. The zero-order valence-electron chi connectivity index (χ0n) is 38.8. The molecule has 9 rings (SSSR count). The van der Waals surface area contributed by atoms with Crippen LogP contribution in [0.4, 0.5) is 11.9 Å². The predicted molar refractivity (Wildman–Crippen MR) is 242 cm³/mol. The van der Waals surface area contributed by atoms with Crippen molar-refractivity contribution >= 4 is 76.7 Å². The molecule has 0 aromatic carbocycles. The number of phosphoric ester groups is 3. The van der Waals surface area contributed by atoms with Crippen LogP contribution in [-0.2, 0) is 71.0 Å². The van der Waals surface area contributed by atoms with Gasteiger partial charge in [-0.15, -0.1) is 0 Å². The van der Waals surface area contributed by atoms with Crippen molar-refractivity contribution < 1.29 is 108 Å². The molecule has 76 heavy (non-hydrogen) atoms. The highest BCUT2D eigenvalue weighted by molar-refractivity contribution is 7.66. The van der Waals surface area contributed by atoms with Crippen LogP contribution in [0.5, 0.6) is 0 Å². The number of nitrogens with one attached hydrogen (secondary N) is 3. The largest absolute Gasteiger partial charge is 0.490 e. The number of nitrogen functional groups attached to an aromatic ring is 2. The number of methoxy groups -OCH3 is 1. The SMILES string of the molecule is COC1C(OP(=O)(O)OCC2OC(n3cnc4c(=O)[nH]c(C)nc43)C(O)C2O)C(COP(=O)(O)OP(=O)(O)OP(=O)(O)OCC2OC([n+]3cn(C)c4c(=O)[nH]c(N)nc43)C(O)C2O)OC1n1cnc2c(=O)[nH]c(N)nc21. The molecule has 3 fully saturated rings. The van der Waals surface area contributed by atoms with Crippen LogP contribution in [0.1, 0.15) is 24.5 Å². The minimum atomic E-state index is -6.23. The Balaban J connectivity index is 0.871. The van der Waals surface area contributed by atoms with Gasteiger partial charge in [0.1, 0.15) is 60.8 Å². The third kappa shape index (κ3) is 11.0. The van der Waals surface area contributed by atoms with Crippen LogP contribution in [-0.4, -0.2) is 175 Å². The first-order valence-corrected chi connectivity index (χ1v) is 27.5. The van der Waals surface area contributed by atoms with E-state index in [2.05, 4.69) is 53.0 Å². The summed E-state index contributed by atoms with van der Waals surface area (Å²) < 4.78 is 109. The smallest absolute Gasteiger partial charge is 0.387 e. The van der Waals surface area contributed by atoms with Crippen molar-refractivity contribution in [3.63, 3.8) is 0 Å². The van der Waals surface area contributed by atoms with E-state index >= 15 is 0 Å². The molecule has 0 bridgehead atoms. The normalized spacial score (nSPS) is 30.2. The van der Waals surface area contributed by atoms with Crippen LogP contribution in [0.25, 0.3) is 33.5 Å². The number of aryl methyl sites for hydroxylation is 2. The maximum Gasteiger partial charge on any atom is 0.490 e. The number of aromatic amines is 3. The summed E-state index contributed by atoms with van der Waals surface area (Å²) in [6.45, 7) is -2.00. The van der Waals surface area contributed by atoms with E-state index in [1.165, 1.54) is 24.9 Å². The van der Waals surface area contributed by atoms with E-state index in [9.17, 15) is 72.6 Å². The van der Waals surface area contributed by atoms with E-state index in [0.717, 1.165) is 33.5 Å². The van der Waals surface area contributed by atoms with Crippen molar-refractivity contribution in [1.29, 1.82) is 0 Å². The molecule has 16 atom stereocenters. The van der Waals surface area contributed by atoms with Crippen molar-refractivity contribution in [2.75, 3.05) is 38.4 Å². The molecule has 3 aliphatic rings. The molecule has 0 aliphatic carbocycles. The second-order valence-corrected chi connectivity index (χ2v) is 22.9. The number of phosphoric acid groups is 4. The van der Waals surface area contributed by atoms with E-state index in [1.54, 1.807) is 0 Å². The number of aliphatic hydroxyl groups excluding tert-OH is 4. The van der Waals surface area contributed by atoms with Crippen LogP contribution >= 0.6 is 31.3 Å². The van der Waals surface area contributed by atoms with Crippen molar-refractivity contribution in [3.05, 3.63) is 55.9 Å². The lowest BCUT2D eigenvalue weighted by atomic mass is 10.1. The third-order valence-corrected chi connectivity index (χ3v) is 17.0. The summed E-state index contributed by atoms with van der Waals surface area (Å²) in [6.07, 6.45) is -17.3. The standard InChI is InChI=1S/C33H44N14O25P4/c1-10-38-23-14(26(52)39-10)36-7-45(23)29-19(50)17(48)11(67-29)4-64-73(55,56)70-21-13(69-31(22(21)63-3)46-8-37-15-24(46)40-32(34)42-27(15)53)6-66-75(59,60)72-76(61,62)71-74(57,58)65-5-12-18(49)20(51)30(68-12)47-9-44(2)16-25(47)41-33(35)43-28(16)54/h7-9,11-13,17-22,29-31,48-51H,4-6H2,1-3H3,(H10-,34,35,38,39,40,41,42,43,52,53,54,55,56,57,58,59,60,61,62)/p+1. The number of fused-ring (bicyclic) bond motifs is 3. The van der Waals surface area contributed by atoms with Crippen molar-refractivity contribution in [3.8, 4) is 0 Å². The van der Waals surface area contributed by atoms with Gasteiger partial charge in [0.2, 0.25) is 17.7 Å². The Morgan fingerprint density at radius 2 is 1.17 bits per heavy atom. The minimum Gasteiger partial charge on any atom is -0.387 e. The monoisotopic (exact) mass is 1160 g/mol. The fourth-order valence-electron chi connectivity index (χ4n) is 8.45. The van der Waals surface area contributed by atoms with Crippen molar-refractivity contribution in [2.45, 2.75) is 80.5 Å². The van der Waals surface area contributed by atoms with Crippen LogP contribution in [0.3, 0.4) is 0 Å². The molecule has 416 valence electrons. The molecular weight excluding hydrogens is 1120 g/mol. The summed E-state index contributed by atoms with van der Waals surface area (Å²) in [5.41, 5.74) is 8.41. The fourth-order valence-corrected chi connectivity index (χ4v) is 12.9. The van der Waals surface area contributed by atoms with Gasteiger partial charge in [-0.05, 0) is 6.92 Å². The quantitative estimate of drug-likeness (QED) is 0.0268. The number of aromatic nitrogens is 12. The maximum absolute atomic E-state index is 13.7. The van der Waals surface area contributed by atoms with Crippen LogP contribution in [0.15, 0.2) is 33.4 Å². The summed E-state index contributed by atoms with van der Waals surface area (Å²) in [5, 5.41) is 43.2. The van der Waals surface area contributed by atoms with Gasteiger partial charge in [0.15, 0.2) is 41.1 Å². The summed E-state index contributed by atoms with van der Waals surface area (Å²) in [7, 11) is -21.1. The van der Waals surface area contributed by atoms with Crippen molar-refractivity contribution in [1.82, 2.24) is 53.6 Å². The maximum atomic E-state index is 13.7. The molecule has 0 saturated carbocycles. The molecule has 9 heterocycles. The first-order valence-electron chi connectivity index (χ1n) is 21.6. The zero-order chi connectivity index (χ0) is 55.1. The molecule has 16 unspecified atom stereocenters. The van der Waals surface area contributed by atoms with Crippen molar-refractivity contribution in [2.24, 2.45) is 7.05 Å². The zero-order valence-corrected chi connectivity index (χ0v) is 42.3. The number of anilines is 2. The second kappa shape index (κ2) is 20.6. The number of hydrogen-bond donors (Lipinski definition) is 13. The third-order valence-electron chi connectivity index (χ3n) is 11.7. The van der Waals surface area contributed by atoms with E-state index in [4.69, 9.17) is 44.0 Å². The number of rotatable bonds is 19. The number of imidazole rings is 3. The van der Waals surface area contributed by atoms with Gasteiger partial charge >= 0.3 is 36.9 Å². The molecule has 6 aromatic heterocycles. The van der Waals surface area contributed by atoms with Crippen LogP contribution in [0.2, 0.25) is 0 Å². The van der Waals surface area contributed by atoms with Gasteiger partial charge in [-0.25, -0.2) is 37.8 Å². The van der Waals surface area contributed by atoms with E-state index in [1.807, 2.05) is 0 Å². The lowest BCUT2D eigenvalue weighted by Crippen LogP contribution is -2.46. The number of ether oxygens (including phenoxy) is 4. The van der Waals surface area contributed by atoms with E-state index in [0.29, 0.717) is 0 Å². The number of H-pyrrole nitrogens is 3. The minimum absolute atomic E-state index is 0.0302. The van der Waals surface area contributed by atoms with Crippen LogP contribution in [0, 0.1) is 6.92 Å². The fraction of sp³-hybridized carbons (Fsp3) is 0.545. The summed E-state index contributed by atoms with van der Waals surface area (Å²) in [6, 6.07) is 0. The Bertz CT molecular complexity index is 3590. The first-order chi connectivity index (χ1) is 35.6.